The van der Waals surface area contributed by atoms with Gasteiger partial charge in [-0.3, -0.25) is 14.7 Å². The highest BCUT2D eigenvalue weighted by Crippen LogP contribution is 2.31. The van der Waals surface area contributed by atoms with Crippen LogP contribution in [0.5, 0.6) is 11.5 Å². The number of nitrogens with one attached hydrogen (secondary N) is 1. The van der Waals surface area contributed by atoms with E-state index >= 15 is 0 Å². The molecule has 128 valence electrons. The van der Waals surface area contributed by atoms with Gasteiger partial charge in [0.2, 0.25) is 0 Å². The molecule has 2 rings (SSSR count). The predicted octanol–water partition coefficient (Wildman–Crippen LogP) is 1.64. The second-order valence-electron chi connectivity index (χ2n) is 5.11. The number of aromatic nitrogens is 2. The van der Waals surface area contributed by atoms with Crippen molar-refractivity contribution in [3.8, 4) is 22.8 Å². The average Bonchev–Trinajstić information content (AvgIpc) is 3.08. The van der Waals surface area contributed by atoms with Crippen LogP contribution in [0.4, 0.5) is 0 Å². The number of carboxylic acid groups (broad SMARTS) is 1. The van der Waals surface area contributed by atoms with Crippen LogP contribution in [-0.2, 0) is 4.79 Å². The molecular weight excluding hydrogens is 314 g/mol. The van der Waals surface area contributed by atoms with E-state index in [0.717, 1.165) is 5.56 Å². The summed E-state index contributed by atoms with van der Waals surface area (Å²) in [6.07, 6.45) is -0.112. The third kappa shape index (κ3) is 3.83. The lowest BCUT2D eigenvalue weighted by atomic mass is 10.1. The van der Waals surface area contributed by atoms with E-state index in [1.807, 2.05) is 0 Å². The van der Waals surface area contributed by atoms with E-state index in [1.165, 1.54) is 4.90 Å². The maximum Gasteiger partial charge on any atom is 0.305 e. The molecule has 2 aromatic rings. The molecule has 0 aliphatic heterocycles. The van der Waals surface area contributed by atoms with Gasteiger partial charge in [0.05, 0.1) is 26.3 Å². The largest absolute Gasteiger partial charge is 0.493 e. The first-order valence-corrected chi connectivity index (χ1v) is 7.21. The van der Waals surface area contributed by atoms with Gasteiger partial charge in [-0.15, -0.1) is 0 Å². The lowest BCUT2D eigenvalue weighted by Gasteiger charge is -2.14. The zero-order valence-electron chi connectivity index (χ0n) is 13.7. The summed E-state index contributed by atoms with van der Waals surface area (Å²) in [4.78, 5) is 24.2. The molecule has 0 spiro atoms. The van der Waals surface area contributed by atoms with E-state index in [-0.39, 0.29) is 24.6 Å². The van der Waals surface area contributed by atoms with Crippen molar-refractivity contribution in [2.45, 2.75) is 6.42 Å². The number of H-pyrrole nitrogens is 1. The van der Waals surface area contributed by atoms with E-state index in [2.05, 4.69) is 10.2 Å². The van der Waals surface area contributed by atoms with Crippen LogP contribution in [0, 0.1) is 0 Å². The van der Waals surface area contributed by atoms with Crippen LogP contribution in [0.25, 0.3) is 11.3 Å². The number of carboxylic acids is 1. The Morgan fingerprint density at radius 1 is 1.21 bits per heavy atom. The number of amides is 1. The number of aliphatic carboxylic acids is 1. The first-order chi connectivity index (χ1) is 11.5. The fourth-order valence-electron chi connectivity index (χ4n) is 2.15. The molecule has 0 aliphatic rings. The smallest absolute Gasteiger partial charge is 0.305 e. The van der Waals surface area contributed by atoms with Gasteiger partial charge >= 0.3 is 5.97 Å². The molecule has 0 unspecified atom stereocenters. The van der Waals surface area contributed by atoms with Crippen LogP contribution in [0.15, 0.2) is 24.3 Å². The number of nitrogens with zero attached hydrogens (tertiary/aromatic N) is 2. The molecule has 1 heterocycles. The van der Waals surface area contributed by atoms with Crippen LogP contribution in [-0.4, -0.2) is 59.9 Å². The Morgan fingerprint density at radius 2 is 1.92 bits per heavy atom. The Labute approximate surface area is 139 Å². The van der Waals surface area contributed by atoms with Crippen molar-refractivity contribution in [2.75, 3.05) is 27.8 Å². The molecule has 0 radical (unpaired) electrons. The van der Waals surface area contributed by atoms with E-state index in [0.29, 0.717) is 17.2 Å². The molecule has 0 saturated carbocycles. The van der Waals surface area contributed by atoms with Gasteiger partial charge in [-0.2, -0.15) is 5.10 Å². The summed E-state index contributed by atoms with van der Waals surface area (Å²) >= 11 is 0. The monoisotopic (exact) mass is 333 g/mol. The van der Waals surface area contributed by atoms with Gasteiger partial charge in [0.15, 0.2) is 11.5 Å². The van der Waals surface area contributed by atoms with E-state index < -0.39 is 5.97 Å². The number of aromatic amines is 1. The number of hydrogen-bond donors (Lipinski definition) is 2. The molecule has 2 N–H and O–H groups in total. The first-order valence-electron chi connectivity index (χ1n) is 7.21. The van der Waals surface area contributed by atoms with Crippen molar-refractivity contribution in [2.24, 2.45) is 0 Å². The molecule has 24 heavy (non-hydrogen) atoms. The van der Waals surface area contributed by atoms with Crippen molar-refractivity contribution in [3.05, 3.63) is 30.0 Å². The summed E-state index contributed by atoms with van der Waals surface area (Å²) in [6.45, 7) is 0.124. The van der Waals surface area contributed by atoms with Gasteiger partial charge in [-0.05, 0) is 24.3 Å². The molecule has 0 atom stereocenters. The van der Waals surface area contributed by atoms with E-state index in [1.54, 1.807) is 45.5 Å². The van der Waals surface area contributed by atoms with Crippen LogP contribution in [0.3, 0.4) is 0 Å². The lowest BCUT2D eigenvalue weighted by molar-refractivity contribution is -0.137. The number of methoxy groups -OCH3 is 2. The van der Waals surface area contributed by atoms with Crippen LogP contribution < -0.4 is 9.47 Å². The third-order valence-corrected chi connectivity index (χ3v) is 3.50. The summed E-state index contributed by atoms with van der Waals surface area (Å²) in [5.74, 6) is -0.119. The van der Waals surface area contributed by atoms with Gasteiger partial charge in [0.25, 0.3) is 5.91 Å². The van der Waals surface area contributed by atoms with Gasteiger partial charge in [-0.1, -0.05) is 0 Å². The molecule has 0 bridgehead atoms. The Morgan fingerprint density at radius 3 is 2.54 bits per heavy atom. The highest BCUT2D eigenvalue weighted by atomic mass is 16.5. The Kier molecular flexibility index (Phi) is 5.41. The molecule has 1 aromatic heterocycles. The topological polar surface area (TPSA) is 105 Å². The predicted molar refractivity (Wildman–Crippen MR) is 86.3 cm³/mol. The van der Waals surface area contributed by atoms with Gasteiger partial charge in [0.1, 0.15) is 5.69 Å². The van der Waals surface area contributed by atoms with Crippen molar-refractivity contribution in [3.63, 3.8) is 0 Å². The number of benzene rings is 1. The number of hydrogen-bond acceptors (Lipinski definition) is 5. The molecule has 8 nitrogen and oxygen atoms in total. The lowest BCUT2D eigenvalue weighted by Crippen LogP contribution is -2.29. The average molecular weight is 333 g/mol. The SMILES string of the molecule is COc1ccc(-c2cc(C(=O)N(C)CCC(=O)O)[nH]n2)cc1OC. The number of ether oxygens (including phenoxy) is 2. The van der Waals surface area contributed by atoms with Crippen molar-refractivity contribution in [1.82, 2.24) is 15.1 Å². The zero-order valence-corrected chi connectivity index (χ0v) is 13.7. The summed E-state index contributed by atoms with van der Waals surface area (Å²) < 4.78 is 10.4. The second-order valence-corrected chi connectivity index (χ2v) is 5.11. The maximum atomic E-state index is 12.2. The summed E-state index contributed by atoms with van der Waals surface area (Å²) in [7, 11) is 4.64. The molecule has 1 aromatic carbocycles. The summed E-state index contributed by atoms with van der Waals surface area (Å²) in [5.41, 5.74) is 1.62. The highest BCUT2D eigenvalue weighted by molar-refractivity contribution is 5.93. The van der Waals surface area contributed by atoms with Gasteiger partial charge < -0.3 is 19.5 Å². The highest BCUT2D eigenvalue weighted by Gasteiger charge is 2.17. The molecule has 1 amide bonds. The summed E-state index contributed by atoms with van der Waals surface area (Å²) in [5, 5.41) is 15.5. The Bertz CT molecular complexity index is 741. The number of carbonyl (C=O) groups excluding carboxylic acids is 1. The zero-order chi connectivity index (χ0) is 17.7. The normalized spacial score (nSPS) is 10.3. The number of rotatable bonds is 7. The van der Waals surface area contributed by atoms with Crippen molar-refractivity contribution >= 4 is 11.9 Å². The van der Waals surface area contributed by atoms with E-state index in [4.69, 9.17) is 14.6 Å². The van der Waals surface area contributed by atoms with Crippen LogP contribution in [0.1, 0.15) is 16.9 Å². The molecule has 0 fully saturated rings. The fourth-order valence-corrected chi connectivity index (χ4v) is 2.15. The summed E-state index contributed by atoms with van der Waals surface area (Å²) in [6, 6.07) is 6.93. The Balaban J connectivity index is 2.18. The third-order valence-electron chi connectivity index (χ3n) is 3.50. The van der Waals surface area contributed by atoms with Crippen molar-refractivity contribution in [1.29, 1.82) is 0 Å². The van der Waals surface area contributed by atoms with Crippen LogP contribution >= 0.6 is 0 Å². The van der Waals surface area contributed by atoms with Gasteiger partial charge in [-0.25, -0.2) is 0 Å². The molecular formula is C16H19N3O5. The minimum atomic E-state index is -0.953. The Hall–Kier alpha value is -3.03. The molecule has 0 saturated heterocycles. The van der Waals surface area contributed by atoms with E-state index in [9.17, 15) is 9.59 Å². The van der Waals surface area contributed by atoms with Gasteiger partial charge in [0, 0.05) is 19.2 Å². The second kappa shape index (κ2) is 7.49. The van der Waals surface area contributed by atoms with Crippen LogP contribution in [0.2, 0.25) is 0 Å². The molecule has 8 heteroatoms. The quantitative estimate of drug-likeness (QED) is 0.798. The number of carbonyl (C=O) groups is 2. The molecule has 0 aliphatic carbocycles. The minimum Gasteiger partial charge on any atom is -0.493 e. The standard InChI is InChI=1S/C16H19N3O5/c1-19(7-6-15(20)21)16(22)12-9-11(17-18-12)10-4-5-13(23-2)14(8-10)24-3/h4-5,8-9H,6-7H2,1-3H3,(H,17,18)(H,20,21). The maximum absolute atomic E-state index is 12.2. The van der Waals surface area contributed by atoms with Crippen molar-refractivity contribution < 1.29 is 24.2 Å². The fraction of sp³-hybridized carbons (Fsp3) is 0.312. The minimum absolute atomic E-state index is 0.112. The first kappa shape index (κ1) is 17.3.